The summed E-state index contributed by atoms with van der Waals surface area (Å²) in [7, 11) is -1.07. The van der Waals surface area contributed by atoms with Gasteiger partial charge in [-0.25, -0.2) is 8.42 Å². The van der Waals surface area contributed by atoms with Crippen molar-refractivity contribution >= 4 is 27.5 Å². The molecule has 1 N–H and O–H groups in total. The van der Waals surface area contributed by atoms with Gasteiger partial charge in [-0.15, -0.1) is 0 Å². The number of benzene rings is 3. The molecule has 1 atom stereocenters. The number of ether oxygens (including phenoxy) is 2. The summed E-state index contributed by atoms with van der Waals surface area (Å²) < 4.78 is 39.2. The Balaban J connectivity index is 2.01. The Hall–Kier alpha value is -4.05. The molecule has 0 aliphatic carbocycles. The Morgan fingerprint density at radius 2 is 1.50 bits per heavy atom. The lowest BCUT2D eigenvalue weighted by atomic mass is 10.1. The number of amides is 2. The van der Waals surface area contributed by atoms with E-state index in [1.807, 2.05) is 19.9 Å². The number of rotatable bonds is 13. The third-order valence-corrected chi connectivity index (χ3v) is 8.10. The Labute approximate surface area is 236 Å². The highest BCUT2D eigenvalue weighted by atomic mass is 32.2. The minimum Gasteiger partial charge on any atom is -0.497 e. The Morgan fingerprint density at radius 3 is 2.10 bits per heavy atom. The van der Waals surface area contributed by atoms with Crippen molar-refractivity contribution in [1.29, 1.82) is 0 Å². The molecule has 0 spiro atoms. The third kappa shape index (κ3) is 7.75. The van der Waals surface area contributed by atoms with Gasteiger partial charge in [0.1, 0.15) is 24.1 Å². The number of carbonyl (C=O) groups is 2. The van der Waals surface area contributed by atoms with Crippen LogP contribution < -0.4 is 19.1 Å². The lowest BCUT2D eigenvalue weighted by Crippen LogP contribution is -2.51. The minimum atomic E-state index is -4.13. The summed E-state index contributed by atoms with van der Waals surface area (Å²) in [6.45, 7) is 5.60. The van der Waals surface area contributed by atoms with Gasteiger partial charge in [0.05, 0.1) is 24.8 Å². The van der Waals surface area contributed by atoms with Crippen LogP contribution in [-0.2, 0) is 26.2 Å². The molecule has 3 aromatic rings. The summed E-state index contributed by atoms with van der Waals surface area (Å²) in [5, 5.41) is 2.88. The summed E-state index contributed by atoms with van der Waals surface area (Å²) in [5.74, 6) is 0.507. The molecule has 0 unspecified atom stereocenters. The van der Waals surface area contributed by atoms with Gasteiger partial charge in [0.2, 0.25) is 11.8 Å². The SMILES string of the molecule is COc1ccc(N(CC(=O)N(Cc2cccc(OC)c2)[C@H](C)C(=O)NCC(C)C)S(=O)(=O)c2ccccc2)cc1. The average molecular weight is 568 g/mol. The van der Waals surface area contributed by atoms with E-state index in [4.69, 9.17) is 9.47 Å². The van der Waals surface area contributed by atoms with Crippen molar-refractivity contribution in [3.05, 3.63) is 84.4 Å². The van der Waals surface area contributed by atoms with Crippen molar-refractivity contribution in [2.24, 2.45) is 5.92 Å². The second-order valence-electron chi connectivity index (χ2n) is 9.71. The first-order valence-corrected chi connectivity index (χ1v) is 14.4. The van der Waals surface area contributed by atoms with Gasteiger partial charge < -0.3 is 19.7 Å². The molecule has 0 fully saturated rings. The fourth-order valence-electron chi connectivity index (χ4n) is 4.00. The van der Waals surface area contributed by atoms with Gasteiger partial charge in [0.15, 0.2) is 0 Å². The highest BCUT2D eigenvalue weighted by molar-refractivity contribution is 7.92. The first kappa shape index (κ1) is 30.5. The summed E-state index contributed by atoms with van der Waals surface area (Å²) in [6, 6.07) is 20.7. The maximum absolute atomic E-state index is 14.0. The molecule has 40 heavy (non-hydrogen) atoms. The molecule has 0 heterocycles. The first-order chi connectivity index (χ1) is 19.1. The quantitative estimate of drug-likeness (QED) is 0.334. The van der Waals surface area contributed by atoms with E-state index in [0.717, 1.165) is 9.87 Å². The standard InChI is InChI=1S/C30H37N3O6S/c1-22(2)19-31-30(35)23(3)32(20-24-10-9-11-27(18-24)39-5)29(34)21-33(25-14-16-26(38-4)17-15-25)40(36,37)28-12-7-6-8-13-28/h6-18,22-23H,19-21H2,1-5H3,(H,31,35)/t23-/m1/s1. The summed E-state index contributed by atoms with van der Waals surface area (Å²) in [6.07, 6.45) is 0. The number of nitrogens with zero attached hydrogens (tertiary/aromatic N) is 2. The van der Waals surface area contributed by atoms with Gasteiger partial charge in [0, 0.05) is 13.1 Å². The fourth-order valence-corrected chi connectivity index (χ4v) is 5.43. The van der Waals surface area contributed by atoms with Gasteiger partial charge in [-0.3, -0.25) is 13.9 Å². The van der Waals surface area contributed by atoms with E-state index in [-0.39, 0.29) is 29.0 Å². The molecule has 0 radical (unpaired) electrons. The van der Waals surface area contributed by atoms with Crippen LogP contribution in [-0.4, -0.2) is 58.5 Å². The van der Waals surface area contributed by atoms with Crippen LogP contribution in [0.5, 0.6) is 11.5 Å². The van der Waals surface area contributed by atoms with Crippen molar-refractivity contribution in [2.45, 2.75) is 38.3 Å². The van der Waals surface area contributed by atoms with Crippen molar-refractivity contribution in [3.8, 4) is 11.5 Å². The zero-order chi connectivity index (χ0) is 29.3. The van der Waals surface area contributed by atoms with E-state index < -0.39 is 28.5 Å². The number of anilines is 1. The smallest absolute Gasteiger partial charge is 0.264 e. The van der Waals surface area contributed by atoms with E-state index in [9.17, 15) is 18.0 Å². The summed E-state index contributed by atoms with van der Waals surface area (Å²) in [4.78, 5) is 28.5. The van der Waals surface area contributed by atoms with Gasteiger partial charge >= 0.3 is 0 Å². The third-order valence-electron chi connectivity index (χ3n) is 6.31. The zero-order valence-electron chi connectivity index (χ0n) is 23.5. The van der Waals surface area contributed by atoms with E-state index in [1.165, 1.54) is 24.1 Å². The molecule has 3 rings (SSSR count). The average Bonchev–Trinajstić information content (AvgIpc) is 2.97. The van der Waals surface area contributed by atoms with Crippen molar-refractivity contribution in [1.82, 2.24) is 10.2 Å². The molecule has 3 aromatic carbocycles. The topological polar surface area (TPSA) is 105 Å². The molecular formula is C30H37N3O6S. The molecule has 0 saturated heterocycles. The van der Waals surface area contributed by atoms with Crippen molar-refractivity contribution in [3.63, 3.8) is 0 Å². The van der Waals surface area contributed by atoms with Crippen molar-refractivity contribution in [2.75, 3.05) is 31.6 Å². The van der Waals surface area contributed by atoms with Gasteiger partial charge in [0.25, 0.3) is 10.0 Å². The minimum absolute atomic E-state index is 0.0423. The van der Waals surface area contributed by atoms with Crippen LogP contribution in [0, 0.1) is 5.92 Å². The van der Waals surface area contributed by atoms with Gasteiger partial charge in [-0.2, -0.15) is 0 Å². The van der Waals surface area contributed by atoms with Crippen molar-refractivity contribution < 1.29 is 27.5 Å². The Bertz CT molecular complexity index is 1380. The molecule has 0 aliphatic heterocycles. The second kappa shape index (κ2) is 13.8. The van der Waals surface area contributed by atoms with E-state index >= 15 is 0 Å². The zero-order valence-corrected chi connectivity index (χ0v) is 24.4. The summed E-state index contributed by atoms with van der Waals surface area (Å²) >= 11 is 0. The molecule has 0 aliphatic rings. The number of hydrogen-bond acceptors (Lipinski definition) is 6. The predicted octanol–water partition coefficient (Wildman–Crippen LogP) is 4.09. The predicted molar refractivity (Wildman–Crippen MR) is 155 cm³/mol. The molecule has 2 amide bonds. The van der Waals surface area contributed by atoms with Crippen LogP contribution in [0.3, 0.4) is 0 Å². The molecule has 214 valence electrons. The number of carbonyl (C=O) groups excluding carboxylic acids is 2. The van der Waals surface area contributed by atoms with Crippen LogP contribution in [0.2, 0.25) is 0 Å². The molecule has 10 heteroatoms. The Kier molecular flexibility index (Phi) is 10.6. The number of nitrogens with one attached hydrogen (secondary N) is 1. The highest BCUT2D eigenvalue weighted by Crippen LogP contribution is 2.26. The van der Waals surface area contributed by atoms with Crippen LogP contribution in [0.25, 0.3) is 0 Å². The first-order valence-electron chi connectivity index (χ1n) is 13.0. The van der Waals surface area contributed by atoms with E-state index in [2.05, 4.69) is 5.32 Å². The Morgan fingerprint density at radius 1 is 0.850 bits per heavy atom. The van der Waals surface area contributed by atoms with E-state index in [0.29, 0.717) is 18.0 Å². The molecule has 0 bridgehead atoms. The largest absolute Gasteiger partial charge is 0.497 e. The molecular weight excluding hydrogens is 530 g/mol. The van der Waals surface area contributed by atoms with Crippen LogP contribution in [0.1, 0.15) is 26.3 Å². The van der Waals surface area contributed by atoms with Gasteiger partial charge in [-0.05, 0) is 66.9 Å². The van der Waals surface area contributed by atoms with Gasteiger partial charge in [-0.1, -0.05) is 44.2 Å². The summed E-state index contributed by atoms with van der Waals surface area (Å²) in [5.41, 5.74) is 1.02. The molecule has 0 saturated carbocycles. The monoisotopic (exact) mass is 567 g/mol. The molecule has 0 aromatic heterocycles. The normalized spacial score (nSPS) is 11.9. The lowest BCUT2D eigenvalue weighted by molar-refractivity contribution is -0.139. The number of sulfonamides is 1. The van der Waals surface area contributed by atoms with E-state index in [1.54, 1.807) is 74.7 Å². The van der Waals surface area contributed by atoms with Crippen LogP contribution >= 0.6 is 0 Å². The number of hydrogen-bond donors (Lipinski definition) is 1. The number of methoxy groups -OCH3 is 2. The fraction of sp³-hybridized carbons (Fsp3) is 0.333. The van der Waals surface area contributed by atoms with Crippen LogP contribution in [0.15, 0.2) is 83.8 Å². The lowest BCUT2D eigenvalue weighted by Gasteiger charge is -2.32. The second-order valence-corrected chi connectivity index (χ2v) is 11.6. The maximum Gasteiger partial charge on any atom is 0.264 e. The van der Waals surface area contributed by atoms with Crippen LogP contribution in [0.4, 0.5) is 5.69 Å². The highest BCUT2D eigenvalue weighted by Gasteiger charge is 2.32. The molecule has 9 nitrogen and oxygen atoms in total. The maximum atomic E-state index is 14.0.